The average Bonchev–Trinajstić information content (AvgIpc) is 2.33. The van der Waals surface area contributed by atoms with Gasteiger partial charge in [-0.2, -0.15) is 0 Å². The van der Waals surface area contributed by atoms with Gasteiger partial charge in [0.2, 0.25) is 5.91 Å². The fourth-order valence-corrected chi connectivity index (χ4v) is 2.16. The molecule has 2 rings (SSSR count). The Hall–Kier alpha value is -0.610. The van der Waals surface area contributed by atoms with Gasteiger partial charge in [0.05, 0.1) is 12.0 Å². The first-order valence-corrected chi connectivity index (χ1v) is 4.48. The zero-order valence-electron chi connectivity index (χ0n) is 7.18. The fourth-order valence-electron chi connectivity index (χ4n) is 2.16. The van der Waals surface area contributed by atoms with Gasteiger partial charge < -0.3 is 11.1 Å². The maximum Gasteiger partial charge on any atom is 0.222 e. The summed E-state index contributed by atoms with van der Waals surface area (Å²) in [6, 6.07) is 0. The summed E-state index contributed by atoms with van der Waals surface area (Å²) in [5.41, 5.74) is 5.59. The number of carbonyl (C=O) groups excluding carboxylic acids is 1. The third-order valence-corrected chi connectivity index (χ3v) is 2.78. The Bertz CT molecular complexity index is 196. The molecule has 0 unspecified atom stereocenters. The molecule has 1 spiro atoms. The van der Waals surface area contributed by atoms with E-state index in [4.69, 9.17) is 5.73 Å². The van der Waals surface area contributed by atoms with Crippen LogP contribution >= 0.6 is 0 Å². The van der Waals surface area contributed by atoms with Crippen LogP contribution in [0.3, 0.4) is 0 Å². The van der Waals surface area contributed by atoms with E-state index in [0.717, 1.165) is 26.1 Å². The zero-order chi connectivity index (χ0) is 8.60. The molecule has 2 fully saturated rings. The van der Waals surface area contributed by atoms with Crippen molar-refractivity contribution in [2.75, 3.05) is 26.2 Å². The number of hydrogen-bond acceptors (Lipinski definition) is 3. The Labute approximate surface area is 72.1 Å². The van der Waals surface area contributed by atoms with Crippen molar-refractivity contribution in [1.29, 1.82) is 0 Å². The van der Waals surface area contributed by atoms with E-state index in [1.165, 1.54) is 0 Å². The second-order valence-corrected chi connectivity index (χ2v) is 3.82. The van der Waals surface area contributed by atoms with Crippen molar-refractivity contribution >= 4 is 5.91 Å². The Kier molecular flexibility index (Phi) is 1.81. The molecule has 0 aromatic heterocycles. The van der Waals surface area contributed by atoms with Crippen molar-refractivity contribution in [3.05, 3.63) is 0 Å². The lowest BCUT2D eigenvalue weighted by Gasteiger charge is -2.38. The first-order chi connectivity index (χ1) is 5.74. The van der Waals surface area contributed by atoms with Gasteiger partial charge in [-0.3, -0.25) is 9.69 Å². The predicted molar refractivity (Wildman–Crippen MR) is 45.6 cm³/mol. The number of nitrogens with zero attached hydrogens (tertiary/aromatic N) is 1. The molecule has 4 nitrogen and oxygen atoms in total. The summed E-state index contributed by atoms with van der Waals surface area (Å²) in [6.45, 7) is 3.75. The van der Waals surface area contributed by atoms with Crippen LogP contribution in [-0.4, -0.2) is 42.5 Å². The largest absolute Gasteiger partial charge is 0.349 e. The third-order valence-electron chi connectivity index (χ3n) is 2.78. The summed E-state index contributed by atoms with van der Waals surface area (Å²) < 4.78 is 0. The lowest BCUT2D eigenvalue weighted by molar-refractivity contribution is -0.132. The molecule has 0 aromatic rings. The number of likely N-dealkylation sites (tertiary alicyclic amines) is 1. The number of amides is 1. The van der Waals surface area contributed by atoms with E-state index in [2.05, 4.69) is 10.2 Å². The highest BCUT2D eigenvalue weighted by atomic mass is 16.2. The van der Waals surface area contributed by atoms with Crippen LogP contribution in [0.1, 0.15) is 12.8 Å². The highest BCUT2D eigenvalue weighted by Crippen LogP contribution is 2.30. The van der Waals surface area contributed by atoms with Crippen LogP contribution in [0.4, 0.5) is 0 Å². The van der Waals surface area contributed by atoms with Gasteiger partial charge >= 0.3 is 0 Å². The molecule has 0 bridgehead atoms. The van der Waals surface area contributed by atoms with Crippen molar-refractivity contribution in [3.63, 3.8) is 0 Å². The predicted octanol–water partition coefficient (Wildman–Crippen LogP) is -1.09. The maximum atomic E-state index is 10.8. The van der Waals surface area contributed by atoms with E-state index in [1.807, 2.05) is 0 Å². The lowest BCUT2D eigenvalue weighted by atomic mass is 9.86. The molecular formula is C8H15N3O. The first kappa shape index (κ1) is 8.01. The Morgan fingerprint density at radius 1 is 1.67 bits per heavy atom. The number of rotatable bonds is 2. The summed E-state index contributed by atoms with van der Waals surface area (Å²) in [5.74, 6) is 0.199. The molecule has 2 heterocycles. The van der Waals surface area contributed by atoms with Crippen LogP contribution in [0.5, 0.6) is 0 Å². The summed E-state index contributed by atoms with van der Waals surface area (Å²) in [5, 5.41) is 2.99. The third kappa shape index (κ3) is 1.21. The summed E-state index contributed by atoms with van der Waals surface area (Å²) in [4.78, 5) is 13.1. The van der Waals surface area contributed by atoms with E-state index in [9.17, 15) is 4.79 Å². The van der Waals surface area contributed by atoms with Gasteiger partial charge in [0.15, 0.2) is 0 Å². The minimum Gasteiger partial charge on any atom is -0.349 e. The van der Waals surface area contributed by atoms with Gasteiger partial charge in [-0.25, -0.2) is 0 Å². The average molecular weight is 169 g/mol. The molecule has 2 aliphatic rings. The molecule has 3 N–H and O–H groups in total. The van der Waals surface area contributed by atoms with E-state index >= 15 is 0 Å². The summed E-state index contributed by atoms with van der Waals surface area (Å²) in [6.07, 6.45) is 1.81. The number of hydrogen-bond donors (Lipinski definition) is 2. The van der Waals surface area contributed by atoms with Crippen molar-refractivity contribution in [2.24, 2.45) is 5.73 Å². The van der Waals surface area contributed by atoms with Crippen LogP contribution < -0.4 is 11.1 Å². The molecule has 2 aliphatic heterocycles. The lowest BCUT2D eigenvalue weighted by Crippen LogP contribution is -2.62. The smallest absolute Gasteiger partial charge is 0.222 e. The minimum absolute atomic E-state index is 0.131. The molecule has 0 aliphatic carbocycles. The van der Waals surface area contributed by atoms with Crippen molar-refractivity contribution < 1.29 is 4.79 Å². The first-order valence-electron chi connectivity index (χ1n) is 4.48. The molecule has 1 atom stereocenters. The van der Waals surface area contributed by atoms with E-state index < -0.39 is 0 Å². The van der Waals surface area contributed by atoms with Gasteiger partial charge in [0.25, 0.3) is 0 Å². The van der Waals surface area contributed by atoms with Crippen LogP contribution in [0.15, 0.2) is 0 Å². The molecule has 2 saturated heterocycles. The van der Waals surface area contributed by atoms with Crippen LogP contribution in [0.25, 0.3) is 0 Å². The molecule has 0 aromatic carbocycles. The summed E-state index contributed by atoms with van der Waals surface area (Å²) in [7, 11) is 0. The van der Waals surface area contributed by atoms with Gasteiger partial charge in [-0.1, -0.05) is 0 Å². The normalized spacial score (nSPS) is 35.2. The molecule has 68 valence electrons. The zero-order valence-corrected chi connectivity index (χ0v) is 7.18. The summed E-state index contributed by atoms with van der Waals surface area (Å²) >= 11 is 0. The van der Waals surface area contributed by atoms with Crippen molar-refractivity contribution in [3.8, 4) is 0 Å². The highest BCUT2D eigenvalue weighted by molar-refractivity contribution is 5.85. The topological polar surface area (TPSA) is 58.4 Å². The number of carbonyl (C=O) groups is 1. The Morgan fingerprint density at radius 2 is 2.42 bits per heavy atom. The monoisotopic (exact) mass is 169 g/mol. The SMILES string of the molecule is NCCN1CC[C@]2(CC(=O)N2)C1. The molecule has 0 radical (unpaired) electrons. The van der Waals surface area contributed by atoms with Crippen LogP contribution in [0.2, 0.25) is 0 Å². The van der Waals surface area contributed by atoms with Gasteiger partial charge in [0.1, 0.15) is 0 Å². The molecule has 12 heavy (non-hydrogen) atoms. The number of nitrogens with one attached hydrogen (secondary N) is 1. The maximum absolute atomic E-state index is 10.8. The molecule has 4 heteroatoms. The molecule has 1 amide bonds. The van der Waals surface area contributed by atoms with Gasteiger partial charge in [-0.05, 0) is 6.42 Å². The van der Waals surface area contributed by atoms with Crippen molar-refractivity contribution in [2.45, 2.75) is 18.4 Å². The second kappa shape index (κ2) is 2.71. The van der Waals surface area contributed by atoms with Crippen LogP contribution in [-0.2, 0) is 4.79 Å². The highest BCUT2D eigenvalue weighted by Gasteiger charge is 2.47. The quantitative estimate of drug-likeness (QED) is 0.516. The number of nitrogens with two attached hydrogens (primary N) is 1. The van der Waals surface area contributed by atoms with Gasteiger partial charge in [0, 0.05) is 26.2 Å². The fraction of sp³-hybridized carbons (Fsp3) is 0.875. The van der Waals surface area contributed by atoms with E-state index in [1.54, 1.807) is 0 Å². The Morgan fingerprint density at radius 3 is 3.00 bits per heavy atom. The molecular weight excluding hydrogens is 154 g/mol. The van der Waals surface area contributed by atoms with Gasteiger partial charge in [-0.15, -0.1) is 0 Å². The molecule has 0 saturated carbocycles. The standard InChI is InChI=1S/C8H15N3O/c9-2-4-11-3-1-8(6-11)5-7(12)10-8/h1-6,9H2,(H,10,12)/t8-/m0/s1. The van der Waals surface area contributed by atoms with Crippen molar-refractivity contribution in [1.82, 2.24) is 10.2 Å². The van der Waals surface area contributed by atoms with E-state index in [-0.39, 0.29) is 11.4 Å². The Balaban J connectivity index is 1.86. The van der Waals surface area contributed by atoms with E-state index in [0.29, 0.717) is 13.0 Å². The second-order valence-electron chi connectivity index (χ2n) is 3.82. The number of β-lactam (4-membered cyclic amide) rings is 1. The minimum atomic E-state index is 0.131. The van der Waals surface area contributed by atoms with Crippen LogP contribution in [0, 0.1) is 0 Å².